The van der Waals surface area contributed by atoms with Crippen LogP contribution in [0.4, 0.5) is 17.6 Å². The van der Waals surface area contributed by atoms with Crippen LogP contribution in [0.5, 0.6) is 0 Å². The Morgan fingerprint density at radius 1 is 0.957 bits per heavy atom. The number of nitrogens with zero attached hydrogens (tertiary/aromatic N) is 6. The van der Waals surface area contributed by atoms with E-state index in [1.54, 1.807) is 0 Å². The molecule has 122 valence electrons. The number of nitrogen functional groups attached to an aromatic ring is 2. The van der Waals surface area contributed by atoms with Gasteiger partial charge in [-0.25, -0.2) is 0 Å². The predicted molar refractivity (Wildman–Crippen MR) is 90.8 cm³/mol. The second-order valence-electron chi connectivity index (χ2n) is 5.04. The van der Waals surface area contributed by atoms with Crippen molar-refractivity contribution in [3.8, 4) is 11.4 Å². The lowest BCUT2D eigenvalue weighted by Gasteiger charge is -2.15. The molecule has 8 nitrogen and oxygen atoms in total. The molecule has 23 heavy (non-hydrogen) atoms. The van der Waals surface area contributed by atoms with Crippen LogP contribution in [0.2, 0.25) is 0 Å². The highest BCUT2D eigenvalue weighted by molar-refractivity contribution is 5.71. The highest BCUT2D eigenvalue weighted by Crippen LogP contribution is 2.28. The van der Waals surface area contributed by atoms with E-state index in [-0.39, 0.29) is 11.9 Å². The van der Waals surface area contributed by atoms with Crippen LogP contribution >= 0.6 is 0 Å². The van der Waals surface area contributed by atoms with Crippen LogP contribution in [0.15, 0.2) is 34.6 Å². The summed E-state index contributed by atoms with van der Waals surface area (Å²) < 4.78 is 0. The fraction of sp³-hybridized carbons (Fsp3) is 0.400. The van der Waals surface area contributed by atoms with Crippen molar-refractivity contribution in [1.29, 1.82) is 0 Å². The average molecular weight is 314 g/mol. The van der Waals surface area contributed by atoms with E-state index in [4.69, 9.17) is 11.5 Å². The van der Waals surface area contributed by atoms with Gasteiger partial charge < -0.3 is 11.5 Å². The molecular weight excluding hydrogens is 292 g/mol. The van der Waals surface area contributed by atoms with Gasteiger partial charge in [0.1, 0.15) is 0 Å². The Balaban J connectivity index is 2.33. The molecule has 0 fully saturated rings. The topological polar surface area (TPSA) is 119 Å². The maximum Gasteiger partial charge on any atom is 0.225 e. The molecule has 0 amide bonds. The van der Waals surface area contributed by atoms with Gasteiger partial charge in [-0.3, -0.25) is 5.01 Å². The quantitative estimate of drug-likeness (QED) is 0.599. The first kappa shape index (κ1) is 16.6. The van der Waals surface area contributed by atoms with Crippen LogP contribution in [-0.4, -0.2) is 33.1 Å². The number of aromatic nitrogens is 3. The van der Waals surface area contributed by atoms with Gasteiger partial charge in [0, 0.05) is 18.7 Å². The van der Waals surface area contributed by atoms with Gasteiger partial charge in [0.15, 0.2) is 5.82 Å². The normalized spacial score (nSPS) is 11.0. The van der Waals surface area contributed by atoms with Crippen molar-refractivity contribution in [2.45, 2.75) is 26.7 Å². The lowest BCUT2D eigenvalue weighted by atomic mass is 10.2. The van der Waals surface area contributed by atoms with Crippen molar-refractivity contribution in [2.24, 2.45) is 10.3 Å². The SMILES string of the molecule is CCCN(CCC)N=Nc1ccccc1-c1nc(N)nc(N)n1. The first-order valence-electron chi connectivity index (χ1n) is 7.67. The van der Waals surface area contributed by atoms with Gasteiger partial charge in [0.25, 0.3) is 0 Å². The number of rotatable bonds is 7. The summed E-state index contributed by atoms with van der Waals surface area (Å²) in [5.74, 6) is 0.553. The summed E-state index contributed by atoms with van der Waals surface area (Å²) in [7, 11) is 0. The third kappa shape index (κ3) is 4.60. The predicted octanol–water partition coefficient (Wildman–Crippen LogP) is 2.82. The zero-order valence-corrected chi connectivity index (χ0v) is 13.5. The van der Waals surface area contributed by atoms with Gasteiger partial charge in [-0.05, 0) is 25.0 Å². The first-order chi connectivity index (χ1) is 11.1. The minimum Gasteiger partial charge on any atom is -0.368 e. The Morgan fingerprint density at radius 2 is 1.57 bits per heavy atom. The lowest BCUT2D eigenvalue weighted by molar-refractivity contribution is 0.271. The van der Waals surface area contributed by atoms with E-state index in [1.807, 2.05) is 29.3 Å². The van der Waals surface area contributed by atoms with Crippen molar-refractivity contribution < 1.29 is 0 Å². The van der Waals surface area contributed by atoms with Crippen LogP contribution in [0.3, 0.4) is 0 Å². The molecule has 4 N–H and O–H groups in total. The van der Waals surface area contributed by atoms with Crippen molar-refractivity contribution in [3.63, 3.8) is 0 Å². The van der Waals surface area contributed by atoms with E-state index in [9.17, 15) is 0 Å². The van der Waals surface area contributed by atoms with Crippen molar-refractivity contribution in [3.05, 3.63) is 24.3 Å². The highest BCUT2D eigenvalue weighted by atomic mass is 15.5. The molecule has 0 bridgehead atoms. The third-order valence-electron chi connectivity index (χ3n) is 3.06. The molecule has 0 aliphatic heterocycles. The smallest absolute Gasteiger partial charge is 0.225 e. The molecule has 0 aliphatic rings. The van der Waals surface area contributed by atoms with Gasteiger partial charge in [-0.15, -0.1) is 5.11 Å². The zero-order chi connectivity index (χ0) is 16.7. The second-order valence-corrected chi connectivity index (χ2v) is 5.04. The van der Waals surface area contributed by atoms with Crippen LogP contribution in [0, 0.1) is 0 Å². The Hall–Kier alpha value is -2.77. The van der Waals surface area contributed by atoms with Crippen LogP contribution in [0.25, 0.3) is 11.4 Å². The summed E-state index contributed by atoms with van der Waals surface area (Å²) in [4.78, 5) is 12.0. The molecule has 0 saturated carbocycles. The van der Waals surface area contributed by atoms with Gasteiger partial charge in [0.2, 0.25) is 11.9 Å². The third-order valence-corrected chi connectivity index (χ3v) is 3.06. The lowest BCUT2D eigenvalue weighted by Crippen LogP contribution is -2.18. The standard InChI is InChI=1S/C15H22N8/c1-3-9-23(10-4-2)22-21-12-8-6-5-7-11(12)13-18-14(16)20-15(17)19-13/h5-8H,3-4,9-10H2,1-2H3,(H4,16,17,18,19,20). The van der Waals surface area contributed by atoms with Gasteiger partial charge in [-0.2, -0.15) is 15.0 Å². The summed E-state index contributed by atoms with van der Waals surface area (Å²) in [5.41, 5.74) is 12.7. The fourth-order valence-electron chi connectivity index (χ4n) is 2.11. The van der Waals surface area contributed by atoms with E-state index in [2.05, 4.69) is 39.1 Å². The fourth-order valence-corrected chi connectivity index (χ4v) is 2.11. The number of benzene rings is 1. The molecule has 1 aromatic carbocycles. The monoisotopic (exact) mass is 314 g/mol. The van der Waals surface area contributed by atoms with E-state index < -0.39 is 0 Å². The maximum atomic E-state index is 5.64. The van der Waals surface area contributed by atoms with Gasteiger partial charge in [-0.1, -0.05) is 31.2 Å². The van der Waals surface area contributed by atoms with Crippen LogP contribution in [0.1, 0.15) is 26.7 Å². The summed E-state index contributed by atoms with van der Waals surface area (Å²) in [6.45, 7) is 5.96. The van der Waals surface area contributed by atoms with E-state index in [0.717, 1.165) is 25.9 Å². The molecule has 2 aromatic rings. The number of nitrogens with two attached hydrogens (primary N) is 2. The van der Waals surface area contributed by atoms with Crippen molar-refractivity contribution >= 4 is 17.6 Å². The molecule has 0 atom stereocenters. The zero-order valence-electron chi connectivity index (χ0n) is 13.5. The minimum atomic E-state index is 0.0813. The Kier molecular flexibility index (Phi) is 5.79. The molecule has 0 spiro atoms. The van der Waals surface area contributed by atoms with E-state index in [0.29, 0.717) is 17.1 Å². The maximum absolute atomic E-state index is 5.64. The Morgan fingerprint density at radius 3 is 2.17 bits per heavy atom. The molecule has 0 saturated heterocycles. The van der Waals surface area contributed by atoms with Crippen molar-refractivity contribution in [2.75, 3.05) is 24.6 Å². The van der Waals surface area contributed by atoms with Crippen LogP contribution in [-0.2, 0) is 0 Å². The van der Waals surface area contributed by atoms with Crippen LogP contribution < -0.4 is 11.5 Å². The molecule has 1 aromatic heterocycles. The van der Waals surface area contributed by atoms with Gasteiger partial charge in [0.05, 0.1) is 5.69 Å². The minimum absolute atomic E-state index is 0.0813. The van der Waals surface area contributed by atoms with Crippen molar-refractivity contribution in [1.82, 2.24) is 20.0 Å². The summed E-state index contributed by atoms with van der Waals surface area (Å²) in [6, 6.07) is 7.47. The molecule has 0 unspecified atom stereocenters. The average Bonchev–Trinajstić information content (AvgIpc) is 2.52. The van der Waals surface area contributed by atoms with E-state index in [1.165, 1.54) is 0 Å². The Bertz CT molecular complexity index is 644. The summed E-state index contributed by atoms with van der Waals surface area (Å²) in [5, 5.41) is 10.6. The molecule has 2 rings (SSSR count). The molecule has 0 radical (unpaired) electrons. The molecular formula is C15H22N8. The molecule has 8 heteroatoms. The highest BCUT2D eigenvalue weighted by Gasteiger charge is 2.10. The van der Waals surface area contributed by atoms with E-state index >= 15 is 0 Å². The number of hydrogen-bond acceptors (Lipinski definition) is 7. The molecule has 0 aliphatic carbocycles. The number of hydrogen-bond donors (Lipinski definition) is 2. The first-order valence-corrected chi connectivity index (χ1v) is 7.67. The Labute approximate surface area is 135 Å². The molecule has 1 heterocycles. The summed E-state index contributed by atoms with van der Waals surface area (Å²) in [6.07, 6.45) is 2.03. The summed E-state index contributed by atoms with van der Waals surface area (Å²) >= 11 is 0. The second kappa shape index (κ2) is 8.02. The van der Waals surface area contributed by atoms with Gasteiger partial charge >= 0.3 is 0 Å². The largest absolute Gasteiger partial charge is 0.368 e. The number of anilines is 2.